The van der Waals surface area contributed by atoms with Gasteiger partial charge in [-0.15, -0.1) is 0 Å². The van der Waals surface area contributed by atoms with Crippen molar-refractivity contribution < 1.29 is 0 Å². The summed E-state index contributed by atoms with van der Waals surface area (Å²) in [5, 5.41) is 0. The summed E-state index contributed by atoms with van der Waals surface area (Å²) < 4.78 is 0. The standard InChI is InChI=1S/C46H47N/c1-43-21-25-45(3,26-22-43)40-29-32(16-19-38(40)43)33-15-18-37(34-17-20-39-41(30-34)46(4)27-23-44(39,2)24-28-46)42(31-33)47(35-11-7-5-8-12-35)36-13-9-6-10-14-36/h5-20,29-31H,21-28H2,1-4H3. The van der Waals surface area contributed by atoms with Crippen molar-refractivity contribution in [3.05, 3.63) is 138 Å². The Labute approximate surface area is 281 Å². The first-order valence-corrected chi connectivity index (χ1v) is 18.0. The van der Waals surface area contributed by atoms with Gasteiger partial charge in [0.05, 0.1) is 5.69 Å². The normalized spacial score (nSPS) is 28.5. The number of anilines is 3. The Morgan fingerprint density at radius 3 is 1.26 bits per heavy atom. The van der Waals surface area contributed by atoms with Gasteiger partial charge in [0, 0.05) is 16.9 Å². The number of rotatable bonds is 5. The van der Waals surface area contributed by atoms with Crippen LogP contribution in [0.4, 0.5) is 17.1 Å². The van der Waals surface area contributed by atoms with Crippen molar-refractivity contribution in [2.24, 2.45) is 0 Å². The third-order valence-corrected chi connectivity index (χ3v) is 13.5. The van der Waals surface area contributed by atoms with E-state index in [2.05, 4.69) is 148 Å². The molecule has 0 heterocycles. The topological polar surface area (TPSA) is 3.24 Å². The smallest absolute Gasteiger partial charge is 0.0546 e. The molecular formula is C46H47N. The van der Waals surface area contributed by atoms with Crippen LogP contribution in [0.5, 0.6) is 0 Å². The van der Waals surface area contributed by atoms with Crippen molar-refractivity contribution in [1.29, 1.82) is 0 Å². The molecule has 5 aromatic rings. The Morgan fingerprint density at radius 2 is 0.766 bits per heavy atom. The molecule has 1 nitrogen and oxygen atoms in total. The SMILES string of the molecule is CC12CCC(C)(CC1)c1cc(-c3ccc(-c4ccc5c(c4)C4(C)CCC5(C)CC4)c(N(c4ccccc4)c4ccccc4)c3)ccc12. The van der Waals surface area contributed by atoms with Crippen LogP contribution in [0.15, 0.2) is 115 Å². The molecule has 0 aromatic heterocycles. The van der Waals surface area contributed by atoms with E-state index in [0.717, 1.165) is 0 Å². The van der Waals surface area contributed by atoms with E-state index in [1.807, 2.05) is 0 Å². The number of fused-ring (bicyclic) bond motifs is 4. The zero-order chi connectivity index (χ0) is 32.0. The van der Waals surface area contributed by atoms with E-state index in [1.54, 1.807) is 22.3 Å². The van der Waals surface area contributed by atoms with E-state index >= 15 is 0 Å². The van der Waals surface area contributed by atoms with E-state index in [4.69, 9.17) is 0 Å². The monoisotopic (exact) mass is 613 g/mol. The Kier molecular flexibility index (Phi) is 6.31. The first kappa shape index (κ1) is 29.1. The number of nitrogens with zero attached hydrogens (tertiary/aromatic N) is 1. The maximum Gasteiger partial charge on any atom is 0.0546 e. The van der Waals surface area contributed by atoms with Crippen LogP contribution in [-0.2, 0) is 21.7 Å². The third kappa shape index (κ3) is 4.42. The van der Waals surface area contributed by atoms with Crippen molar-refractivity contribution in [2.45, 2.75) is 101 Å². The van der Waals surface area contributed by atoms with Crippen molar-refractivity contribution >= 4 is 17.1 Å². The number of hydrogen-bond donors (Lipinski definition) is 0. The summed E-state index contributed by atoms with van der Waals surface area (Å²) in [6, 6.07) is 44.0. The fraction of sp³-hybridized carbons (Fsp3) is 0.348. The van der Waals surface area contributed by atoms with E-state index < -0.39 is 0 Å². The van der Waals surface area contributed by atoms with Gasteiger partial charge in [0.2, 0.25) is 0 Å². The van der Waals surface area contributed by atoms with Crippen molar-refractivity contribution in [3.8, 4) is 22.3 Å². The van der Waals surface area contributed by atoms with Crippen LogP contribution in [0.25, 0.3) is 22.3 Å². The van der Waals surface area contributed by atoms with Gasteiger partial charge in [-0.3, -0.25) is 0 Å². The molecule has 0 unspecified atom stereocenters. The van der Waals surface area contributed by atoms with Gasteiger partial charge in [0.25, 0.3) is 0 Å². The van der Waals surface area contributed by atoms with Crippen molar-refractivity contribution in [3.63, 3.8) is 0 Å². The highest BCUT2D eigenvalue weighted by Gasteiger charge is 2.48. The van der Waals surface area contributed by atoms with Crippen LogP contribution in [0.3, 0.4) is 0 Å². The van der Waals surface area contributed by atoms with Gasteiger partial charge in [0.15, 0.2) is 0 Å². The third-order valence-electron chi connectivity index (χ3n) is 13.5. The number of benzene rings is 5. The molecule has 0 saturated heterocycles. The van der Waals surface area contributed by atoms with Crippen LogP contribution in [0.2, 0.25) is 0 Å². The summed E-state index contributed by atoms with van der Waals surface area (Å²) in [4.78, 5) is 2.47. The minimum absolute atomic E-state index is 0.275. The van der Waals surface area contributed by atoms with Crippen molar-refractivity contribution in [2.75, 3.05) is 4.90 Å². The first-order chi connectivity index (χ1) is 22.7. The van der Waals surface area contributed by atoms with E-state index in [-0.39, 0.29) is 5.41 Å². The molecule has 0 radical (unpaired) electrons. The second-order valence-corrected chi connectivity index (χ2v) is 16.5. The first-order valence-electron chi connectivity index (χ1n) is 18.0. The van der Waals surface area contributed by atoms with Gasteiger partial charge < -0.3 is 4.90 Å². The summed E-state index contributed by atoms with van der Waals surface area (Å²) >= 11 is 0. The molecule has 4 bridgehead atoms. The fourth-order valence-corrected chi connectivity index (χ4v) is 9.99. The van der Waals surface area contributed by atoms with E-state index in [9.17, 15) is 0 Å². The lowest BCUT2D eigenvalue weighted by molar-refractivity contribution is 0.188. The maximum absolute atomic E-state index is 2.57. The van der Waals surface area contributed by atoms with Gasteiger partial charge in [-0.05, 0) is 142 Å². The molecule has 2 fully saturated rings. The molecule has 2 saturated carbocycles. The van der Waals surface area contributed by atoms with Crippen LogP contribution in [-0.4, -0.2) is 0 Å². The average Bonchev–Trinajstić information content (AvgIpc) is 3.11. The molecule has 0 atom stereocenters. The average molecular weight is 614 g/mol. The van der Waals surface area contributed by atoms with Crippen LogP contribution < -0.4 is 4.90 Å². The van der Waals surface area contributed by atoms with Gasteiger partial charge in [0.1, 0.15) is 0 Å². The largest absolute Gasteiger partial charge is 0.310 e. The summed E-state index contributed by atoms with van der Waals surface area (Å²) in [6.07, 6.45) is 10.4. The molecule has 0 spiro atoms. The van der Waals surface area contributed by atoms with Gasteiger partial charge in [-0.1, -0.05) is 113 Å². The zero-order valence-corrected chi connectivity index (χ0v) is 28.6. The lowest BCUT2D eigenvalue weighted by Crippen LogP contribution is -2.44. The molecule has 5 aromatic carbocycles. The molecule has 1 heteroatoms. The zero-order valence-electron chi connectivity index (χ0n) is 28.6. The highest BCUT2D eigenvalue weighted by atomic mass is 15.1. The Hall–Kier alpha value is -4.10. The lowest BCUT2D eigenvalue weighted by atomic mass is 9.52. The van der Waals surface area contributed by atoms with Crippen molar-refractivity contribution in [1.82, 2.24) is 0 Å². The Bertz CT molecular complexity index is 1950. The summed E-state index contributed by atoms with van der Waals surface area (Å²) in [7, 11) is 0. The van der Waals surface area contributed by atoms with Gasteiger partial charge in [-0.25, -0.2) is 0 Å². The Morgan fingerprint density at radius 1 is 0.383 bits per heavy atom. The van der Waals surface area contributed by atoms with E-state index in [1.165, 1.54) is 90.7 Å². The molecular weight excluding hydrogens is 567 g/mol. The number of para-hydroxylation sites is 2. The molecule has 0 N–H and O–H groups in total. The summed E-state index contributed by atoms with van der Waals surface area (Å²) in [6.45, 7) is 10.0. The Balaban J connectivity index is 1.25. The highest BCUT2D eigenvalue weighted by Crippen LogP contribution is 2.58. The lowest BCUT2D eigenvalue weighted by Gasteiger charge is -2.52. The fourth-order valence-electron chi connectivity index (χ4n) is 9.99. The quantitative estimate of drug-likeness (QED) is 0.191. The maximum atomic E-state index is 2.57. The molecule has 11 rings (SSSR count). The van der Waals surface area contributed by atoms with Gasteiger partial charge in [-0.2, -0.15) is 0 Å². The van der Waals surface area contributed by atoms with Crippen LogP contribution in [0.1, 0.15) is 101 Å². The molecule has 47 heavy (non-hydrogen) atoms. The second kappa shape index (κ2) is 10.2. The summed E-state index contributed by atoms with van der Waals surface area (Å²) in [5.74, 6) is 0. The predicted molar refractivity (Wildman–Crippen MR) is 198 cm³/mol. The predicted octanol–water partition coefficient (Wildman–Crippen LogP) is 12.7. The second-order valence-electron chi connectivity index (χ2n) is 16.5. The number of hydrogen-bond acceptors (Lipinski definition) is 1. The minimum atomic E-state index is 0.275. The minimum Gasteiger partial charge on any atom is -0.310 e. The molecule has 6 aliphatic rings. The highest BCUT2D eigenvalue weighted by molar-refractivity contribution is 5.91. The molecule has 6 aliphatic carbocycles. The van der Waals surface area contributed by atoms with Gasteiger partial charge >= 0.3 is 0 Å². The molecule has 0 aliphatic heterocycles. The van der Waals surface area contributed by atoms with Crippen LogP contribution in [0, 0.1) is 0 Å². The summed E-state index contributed by atoms with van der Waals surface area (Å²) in [5.41, 5.74) is 16.4. The van der Waals surface area contributed by atoms with E-state index in [0.29, 0.717) is 16.2 Å². The van der Waals surface area contributed by atoms with Crippen LogP contribution >= 0.6 is 0 Å². The molecule has 236 valence electrons. The molecule has 0 amide bonds.